The Morgan fingerprint density at radius 1 is 0.895 bits per heavy atom. The molecular formula is C30H29NO5S2. The van der Waals surface area contributed by atoms with Gasteiger partial charge in [0.05, 0.1) is 12.0 Å². The van der Waals surface area contributed by atoms with E-state index in [2.05, 4.69) is 0 Å². The van der Waals surface area contributed by atoms with Crippen molar-refractivity contribution < 1.29 is 22.7 Å². The molecule has 8 heteroatoms. The third-order valence-corrected chi connectivity index (χ3v) is 9.87. The molecule has 1 aliphatic rings. The highest BCUT2D eigenvalue weighted by Gasteiger charge is 2.45. The monoisotopic (exact) mass is 547 g/mol. The number of benzene rings is 4. The second-order valence-electron chi connectivity index (χ2n) is 9.21. The lowest BCUT2D eigenvalue weighted by Crippen LogP contribution is -2.41. The normalized spacial score (nSPS) is 17.9. The van der Waals surface area contributed by atoms with Crippen molar-refractivity contribution in [3.05, 3.63) is 108 Å². The molecule has 38 heavy (non-hydrogen) atoms. The van der Waals surface area contributed by atoms with Crippen molar-refractivity contribution in [2.45, 2.75) is 35.0 Å². The lowest BCUT2D eigenvalue weighted by atomic mass is 10.1. The smallest absolute Gasteiger partial charge is 0.324 e. The van der Waals surface area contributed by atoms with Gasteiger partial charge in [-0.2, -0.15) is 16.1 Å². The number of hydrogen-bond donors (Lipinski definition) is 0. The lowest BCUT2D eigenvalue weighted by Gasteiger charge is -2.23. The quantitative estimate of drug-likeness (QED) is 0.252. The zero-order chi connectivity index (χ0) is 26.5. The maximum atomic E-state index is 13.9. The van der Waals surface area contributed by atoms with Crippen LogP contribution in [0.25, 0.3) is 10.8 Å². The molecule has 196 valence electrons. The molecule has 6 nitrogen and oxygen atoms in total. The van der Waals surface area contributed by atoms with Crippen molar-refractivity contribution in [2.75, 3.05) is 13.7 Å². The van der Waals surface area contributed by atoms with Gasteiger partial charge in [0.15, 0.2) is 0 Å². The molecule has 1 heterocycles. The number of ether oxygens (including phenoxy) is 2. The van der Waals surface area contributed by atoms with Crippen LogP contribution in [0.4, 0.5) is 0 Å². The molecule has 5 rings (SSSR count). The van der Waals surface area contributed by atoms with E-state index < -0.39 is 22.0 Å². The molecule has 4 aromatic rings. The molecule has 0 bridgehead atoms. The Morgan fingerprint density at radius 2 is 1.61 bits per heavy atom. The number of methoxy groups -OCH3 is 1. The van der Waals surface area contributed by atoms with E-state index in [9.17, 15) is 13.2 Å². The molecule has 0 unspecified atom stereocenters. The zero-order valence-corrected chi connectivity index (χ0v) is 22.7. The van der Waals surface area contributed by atoms with E-state index in [0.717, 1.165) is 27.6 Å². The maximum Gasteiger partial charge on any atom is 0.324 e. The summed E-state index contributed by atoms with van der Waals surface area (Å²) in [6.07, 6.45) is 0.390. The first-order chi connectivity index (χ1) is 18.4. The highest BCUT2D eigenvalue weighted by atomic mass is 32.2. The van der Waals surface area contributed by atoms with E-state index in [1.54, 1.807) is 37.1 Å². The fourth-order valence-electron chi connectivity index (χ4n) is 4.59. The largest absolute Gasteiger partial charge is 0.497 e. The topological polar surface area (TPSA) is 72.9 Å². The minimum atomic E-state index is -3.93. The van der Waals surface area contributed by atoms with Gasteiger partial charge in [0.1, 0.15) is 18.4 Å². The van der Waals surface area contributed by atoms with Crippen LogP contribution in [-0.4, -0.2) is 43.6 Å². The van der Waals surface area contributed by atoms with Crippen LogP contribution in [0.5, 0.6) is 5.75 Å². The molecule has 2 atom stereocenters. The van der Waals surface area contributed by atoms with E-state index in [4.69, 9.17) is 9.47 Å². The Hall–Kier alpha value is -3.33. The van der Waals surface area contributed by atoms with Crippen molar-refractivity contribution in [1.29, 1.82) is 0 Å². The van der Waals surface area contributed by atoms with Gasteiger partial charge >= 0.3 is 5.97 Å². The summed E-state index contributed by atoms with van der Waals surface area (Å²) in [6, 6.07) is 29.0. The summed E-state index contributed by atoms with van der Waals surface area (Å²) in [4.78, 5) is 13.4. The minimum absolute atomic E-state index is 0.0541. The van der Waals surface area contributed by atoms with E-state index >= 15 is 0 Å². The Labute approximate surface area is 227 Å². The Morgan fingerprint density at radius 3 is 2.34 bits per heavy atom. The molecule has 0 amide bonds. The number of carbonyl (C=O) groups excluding carboxylic acids is 1. The SMILES string of the molecule is COc1ccc(CS[C@@H]2C[C@@H](C(=O)OCc3ccccc3)N(S(=O)(=O)c3ccc4ccccc4c3)C2)cc1. The summed E-state index contributed by atoms with van der Waals surface area (Å²) in [5.41, 5.74) is 1.96. The lowest BCUT2D eigenvalue weighted by molar-refractivity contribution is -0.148. The van der Waals surface area contributed by atoms with E-state index in [-0.39, 0.29) is 23.3 Å². The Bertz CT molecular complexity index is 1510. The summed E-state index contributed by atoms with van der Waals surface area (Å²) in [5, 5.41) is 1.74. The van der Waals surface area contributed by atoms with E-state index in [0.29, 0.717) is 12.2 Å². The molecular weight excluding hydrogens is 518 g/mol. The van der Waals surface area contributed by atoms with Crippen LogP contribution in [0, 0.1) is 0 Å². The average molecular weight is 548 g/mol. The van der Waals surface area contributed by atoms with Crippen LogP contribution in [0.3, 0.4) is 0 Å². The standard InChI is InChI=1S/C30H29NO5S2/c1-35-26-14-11-23(12-15-26)21-37-27-18-29(30(32)36-20-22-7-3-2-4-8-22)31(19-27)38(33,34)28-16-13-24-9-5-6-10-25(24)17-28/h2-17,27,29H,18-21H2,1H3/t27-,29+/m1/s1. The summed E-state index contributed by atoms with van der Waals surface area (Å²) >= 11 is 1.65. The van der Waals surface area contributed by atoms with Gasteiger partial charge in [-0.1, -0.05) is 72.8 Å². The fraction of sp³-hybridized carbons (Fsp3) is 0.233. The number of fused-ring (bicyclic) bond motifs is 1. The van der Waals surface area contributed by atoms with Crippen LogP contribution < -0.4 is 4.74 Å². The first kappa shape index (κ1) is 26.3. The van der Waals surface area contributed by atoms with Gasteiger partial charge in [0.25, 0.3) is 0 Å². The number of carbonyl (C=O) groups is 1. The fourth-order valence-corrected chi connectivity index (χ4v) is 7.56. The molecule has 0 N–H and O–H groups in total. The number of sulfonamides is 1. The van der Waals surface area contributed by atoms with Crippen molar-refractivity contribution in [1.82, 2.24) is 4.31 Å². The second-order valence-corrected chi connectivity index (χ2v) is 12.4. The van der Waals surface area contributed by atoms with Crippen LogP contribution >= 0.6 is 11.8 Å². The zero-order valence-electron chi connectivity index (χ0n) is 21.0. The van der Waals surface area contributed by atoms with Crippen LogP contribution in [0.15, 0.2) is 102 Å². The summed E-state index contributed by atoms with van der Waals surface area (Å²) in [6.45, 7) is 0.338. The first-order valence-electron chi connectivity index (χ1n) is 12.4. The highest BCUT2D eigenvalue weighted by molar-refractivity contribution is 7.99. The molecule has 0 saturated carbocycles. The van der Waals surface area contributed by atoms with E-state index in [1.807, 2.05) is 78.9 Å². The van der Waals surface area contributed by atoms with Gasteiger partial charge < -0.3 is 9.47 Å². The van der Waals surface area contributed by atoms with Crippen LogP contribution in [0.1, 0.15) is 17.5 Å². The number of thioether (sulfide) groups is 1. The van der Waals surface area contributed by atoms with Crippen molar-refractivity contribution in [3.63, 3.8) is 0 Å². The molecule has 0 spiro atoms. The number of nitrogens with zero attached hydrogens (tertiary/aromatic N) is 1. The van der Waals surface area contributed by atoms with Gasteiger partial charge in [-0.3, -0.25) is 4.79 Å². The van der Waals surface area contributed by atoms with Gasteiger partial charge in [0.2, 0.25) is 10.0 Å². The van der Waals surface area contributed by atoms with Crippen LogP contribution in [-0.2, 0) is 31.9 Å². The number of hydrogen-bond acceptors (Lipinski definition) is 6. The van der Waals surface area contributed by atoms with Gasteiger partial charge in [-0.25, -0.2) is 8.42 Å². The molecule has 0 aliphatic carbocycles. The maximum absolute atomic E-state index is 13.9. The van der Waals surface area contributed by atoms with Crippen molar-refractivity contribution >= 4 is 38.5 Å². The van der Waals surface area contributed by atoms with Crippen molar-refractivity contribution in [3.8, 4) is 5.75 Å². The third-order valence-electron chi connectivity index (χ3n) is 6.69. The predicted octanol–water partition coefficient (Wildman–Crippen LogP) is 5.66. The Kier molecular flexibility index (Phi) is 8.02. The minimum Gasteiger partial charge on any atom is -0.497 e. The first-order valence-corrected chi connectivity index (χ1v) is 14.9. The molecule has 4 aromatic carbocycles. The summed E-state index contributed by atoms with van der Waals surface area (Å²) < 4.78 is 39.9. The van der Waals surface area contributed by atoms with Crippen molar-refractivity contribution in [2.24, 2.45) is 0 Å². The third kappa shape index (κ3) is 5.88. The molecule has 1 fully saturated rings. The number of esters is 1. The summed E-state index contributed by atoms with van der Waals surface area (Å²) in [7, 11) is -2.30. The predicted molar refractivity (Wildman–Crippen MR) is 151 cm³/mol. The van der Waals surface area contributed by atoms with E-state index in [1.165, 1.54) is 4.31 Å². The second kappa shape index (κ2) is 11.6. The molecule has 1 aliphatic heterocycles. The average Bonchev–Trinajstić information content (AvgIpc) is 3.41. The Balaban J connectivity index is 1.37. The molecule has 0 radical (unpaired) electrons. The van der Waals surface area contributed by atoms with Gasteiger partial charge in [-0.05, 0) is 52.6 Å². The van der Waals surface area contributed by atoms with Gasteiger partial charge in [-0.15, -0.1) is 0 Å². The van der Waals surface area contributed by atoms with Gasteiger partial charge in [0, 0.05) is 17.5 Å². The highest BCUT2D eigenvalue weighted by Crippen LogP contribution is 2.35. The molecule has 1 saturated heterocycles. The van der Waals surface area contributed by atoms with Crippen LogP contribution in [0.2, 0.25) is 0 Å². The number of rotatable bonds is 9. The molecule has 0 aromatic heterocycles. The summed E-state index contributed by atoms with van der Waals surface area (Å²) in [5.74, 6) is 0.962.